The fourth-order valence-electron chi connectivity index (χ4n) is 2.69. The number of rotatable bonds is 3. The second kappa shape index (κ2) is 7.77. The van der Waals surface area contributed by atoms with E-state index in [1.807, 2.05) is 31.2 Å². The number of carbonyl (C=O) groups is 1. The Hall–Kier alpha value is -0.620. The number of amides is 1. The van der Waals surface area contributed by atoms with Gasteiger partial charge in [-0.25, -0.2) is 0 Å². The van der Waals surface area contributed by atoms with E-state index in [2.05, 4.69) is 40.0 Å². The lowest BCUT2D eigenvalue weighted by Crippen LogP contribution is -2.56. The molecule has 2 atom stereocenters. The lowest BCUT2D eigenvalue weighted by molar-refractivity contribution is -0.122. The summed E-state index contributed by atoms with van der Waals surface area (Å²) in [6.45, 7) is 8.02. The molecule has 2 unspecified atom stereocenters. The van der Waals surface area contributed by atoms with Crippen LogP contribution in [0.1, 0.15) is 27.2 Å². The Labute approximate surface area is 147 Å². The highest BCUT2D eigenvalue weighted by atomic mass is 79.9. The highest BCUT2D eigenvalue weighted by Gasteiger charge is 2.36. The first-order valence-corrected chi connectivity index (χ1v) is 8.15. The number of likely N-dealkylation sites (tertiary alicyclic amines) is 1. The first-order valence-electron chi connectivity index (χ1n) is 7.35. The number of nitrogens with zero attached hydrogens (tertiary/aromatic N) is 1. The topological polar surface area (TPSA) is 58.4 Å². The largest absolute Gasteiger partial charge is 0.327 e. The lowest BCUT2D eigenvalue weighted by atomic mass is 9.79. The fourth-order valence-corrected chi connectivity index (χ4v) is 2.96. The Morgan fingerprint density at radius 1 is 1.41 bits per heavy atom. The molecule has 124 valence electrons. The Morgan fingerprint density at radius 2 is 2.00 bits per heavy atom. The molecular formula is C16H25BrClN3O. The lowest BCUT2D eigenvalue weighted by Gasteiger charge is -2.44. The third-order valence-corrected chi connectivity index (χ3v) is 4.91. The third-order valence-electron chi connectivity index (χ3n) is 4.38. The van der Waals surface area contributed by atoms with Crippen LogP contribution in [-0.4, -0.2) is 36.0 Å². The van der Waals surface area contributed by atoms with Crippen LogP contribution in [0.2, 0.25) is 0 Å². The van der Waals surface area contributed by atoms with Gasteiger partial charge in [-0.2, -0.15) is 0 Å². The zero-order valence-corrected chi connectivity index (χ0v) is 15.7. The predicted octanol–water partition coefficient (Wildman–Crippen LogP) is 3.26. The van der Waals surface area contributed by atoms with Gasteiger partial charge >= 0.3 is 0 Å². The summed E-state index contributed by atoms with van der Waals surface area (Å²) in [6, 6.07) is 7.68. The first kappa shape index (κ1) is 19.4. The van der Waals surface area contributed by atoms with Gasteiger partial charge < -0.3 is 11.1 Å². The van der Waals surface area contributed by atoms with Gasteiger partial charge in [0.25, 0.3) is 0 Å². The van der Waals surface area contributed by atoms with Gasteiger partial charge in [-0.15, -0.1) is 12.4 Å². The van der Waals surface area contributed by atoms with Crippen molar-refractivity contribution in [3.63, 3.8) is 0 Å². The van der Waals surface area contributed by atoms with Gasteiger partial charge in [0.2, 0.25) is 5.91 Å². The van der Waals surface area contributed by atoms with Crippen molar-refractivity contribution in [3.8, 4) is 0 Å². The Kier molecular flexibility index (Phi) is 6.86. The van der Waals surface area contributed by atoms with Crippen molar-refractivity contribution in [2.45, 2.75) is 39.3 Å². The van der Waals surface area contributed by atoms with Crippen LogP contribution in [0.5, 0.6) is 0 Å². The van der Waals surface area contributed by atoms with E-state index in [-0.39, 0.29) is 35.8 Å². The predicted molar refractivity (Wildman–Crippen MR) is 97.4 cm³/mol. The Bertz CT molecular complexity index is 507. The summed E-state index contributed by atoms with van der Waals surface area (Å²) in [5, 5.41) is 2.97. The molecule has 0 radical (unpaired) electrons. The van der Waals surface area contributed by atoms with Gasteiger partial charge in [0.15, 0.2) is 0 Å². The van der Waals surface area contributed by atoms with Gasteiger partial charge in [0.1, 0.15) is 0 Å². The normalized spacial score (nSPS) is 22.5. The maximum Gasteiger partial charge on any atom is 0.241 e. The molecule has 1 aliphatic heterocycles. The number of benzene rings is 1. The highest BCUT2D eigenvalue weighted by Crippen LogP contribution is 2.29. The molecule has 0 aliphatic carbocycles. The quantitative estimate of drug-likeness (QED) is 0.833. The van der Waals surface area contributed by atoms with Crippen LogP contribution >= 0.6 is 28.3 Å². The van der Waals surface area contributed by atoms with Gasteiger partial charge in [0, 0.05) is 29.3 Å². The van der Waals surface area contributed by atoms with Gasteiger partial charge in [0.05, 0.1) is 6.04 Å². The molecule has 0 aromatic heterocycles. The molecule has 0 bridgehead atoms. The molecule has 0 saturated carbocycles. The van der Waals surface area contributed by atoms with Crippen molar-refractivity contribution in [2.75, 3.05) is 18.4 Å². The summed E-state index contributed by atoms with van der Waals surface area (Å²) in [4.78, 5) is 14.6. The van der Waals surface area contributed by atoms with Crippen molar-refractivity contribution < 1.29 is 4.79 Å². The monoisotopic (exact) mass is 389 g/mol. The Morgan fingerprint density at radius 3 is 2.55 bits per heavy atom. The number of hydrogen-bond acceptors (Lipinski definition) is 3. The molecule has 1 fully saturated rings. The average Bonchev–Trinajstić information content (AvgIpc) is 2.43. The molecule has 1 aromatic carbocycles. The molecular weight excluding hydrogens is 366 g/mol. The third kappa shape index (κ3) is 4.69. The first-order chi connectivity index (χ1) is 9.79. The van der Waals surface area contributed by atoms with E-state index in [0.29, 0.717) is 0 Å². The van der Waals surface area contributed by atoms with E-state index >= 15 is 0 Å². The van der Waals surface area contributed by atoms with E-state index in [1.165, 1.54) is 0 Å². The number of carbonyl (C=O) groups excluding carboxylic acids is 1. The second-order valence-electron chi connectivity index (χ2n) is 6.53. The second-order valence-corrected chi connectivity index (χ2v) is 7.44. The van der Waals surface area contributed by atoms with E-state index in [4.69, 9.17) is 5.73 Å². The molecule has 4 nitrogen and oxygen atoms in total. The van der Waals surface area contributed by atoms with Gasteiger partial charge in [-0.05, 0) is 43.0 Å². The van der Waals surface area contributed by atoms with Crippen molar-refractivity contribution in [3.05, 3.63) is 28.7 Å². The molecule has 3 N–H and O–H groups in total. The molecule has 6 heteroatoms. The van der Waals surface area contributed by atoms with Crippen LogP contribution in [0.4, 0.5) is 5.69 Å². The van der Waals surface area contributed by atoms with Crippen LogP contribution < -0.4 is 11.1 Å². The average molecular weight is 391 g/mol. The SMILES string of the molecule is CC(C(=O)Nc1ccc(Br)cc1)N1CCC(N)C(C)(C)C1.Cl. The van der Waals surface area contributed by atoms with Crippen LogP contribution in [0.15, 0.2) is 28.7 Å². The molecule has 2 rings (SSSR count). The number of nitrogens with two attached hydrogens (primary N) is 1. The fraction of sp³-hybridized carbons (Fsp3) is 0.562. The van der Waals surface area contributed by atoms with E-state index < -0.39 is 0 Å². The van der Waals surface area contributed by atoms with E-state index in [9.17, 15) is 4.79 Å². The number of hydrogen-bond donors (Lipinski definition) is 2. The highest BCUT2D eigenvalue weighted by molar-refractivity contribution is 9.10. The number of nitrogens with one attached hydrogen (secondary N) is 1. The summed E-state index contributed by atoms with van der Waals surface area (Å²) in [5.74, 6) is 0.0311. The number of anilines is 1. The molecule has 0 spiro atoms. The van der Waals surface area contributed by atoms with Crippen molar-refractivity contribution >= 4 is 39.9 Å². The smallest absolute Gasteiger partial charge is 0.241 e. The molecule has 22 heavy (non-hydrogen) atoms. The molecule has 1 saturated heterocycles. The minimum absolute atomic E-state index is 0. The summed E-state index contributed by atoms with van der Waals surface area (Å²) in [5.41, 5.74) is 7.03. The maximum absolute atomic E-state index is 12.4. The molecule has 1 amide bonds. The van der Waals surface area contributed by atoms with Crippen LogP contribution in [0.3, 0.4) is 0 Å². The van der Waals surface area contributed by atoms with Crippen LogP contribution in [0, 0.1) is 5.41 Å². The standard InChI is InChI=1S/C16H24BrN3O.ClH/c1-11(20-9-8-14(18)16(2,3)10-20)15(21)19-13-6-4-12(17)5-7-13;/h4-7,11,14H,8-10,18H2,1-3H3,(H,19,21);1H. The van der Waals surface area contributed by atoms with Gasteiger partial charge in [-0.1, -0.05) is 29.8 Å². The van der Waals surface area contributed by atoms with Crippen molar-refractivity contribution in [1.82, 2.24) is 4.90 Å². The van der Waals surface area contributed by atoms with Crippen molar-refractivity contribution in [1.29, 1.82) is 0 Å². The molecule has 1 heterocycles. The molecule has 1 aromatic rings. The number of piperidine rings is 1. The van der Waals surface area contributed by atoms with Crippen LogP contribution in [0.25, 0.3) is 0 Å². The Balaban J connectivity index is 0.00000242. The summed E-state index contributed by atoms with van der Waals surface area (Å²) < 4.78 is 1.00. The summed E-state index contributed by atoms with van der Waals surface area (Å²) in [6.07, 6.45) is 0.933. The molecule has 1 aliphatic rings. The van der Waals surface area contributed by atoms with Crippen LogP contribution in [-0.2, 0) is 4.79 Å². The zero-order chi connectivity index (χ0) is 15.6. The summed E-state index contributed by atoms with van der Waals surface area (Å²) in [7, 11) is 0. The van der Waals surface area contributed by atoms with Crippen molar-refractivity contribution in [2.24, 2.45) is 11.1 Å². The minimum atomic E-state index is -0.152. The van der Waals surface area contributed by atoms with E-state index in [1.54, 1.807) is 0 Å². The maximum atomic E-state index is 12.4. The van der Waals surface area contributed by atoms with Gasteiger partial charge in [-0.3, -0.25) is 9.69 Å². The van der Waals surface area contributed by atoms with E-state index in [0.717, 1.165) is 29.7 Å². The zero-order valence-electron chi connectivity index (χ0n) is 13.3. The summed E-state index contributed by atoms with van der Waals surface area (Å²) >= 11 is 3.39. The minimum Gasteiger partial charge on any atom is -0.327 e. The number of halogens is 2.